The molecule has 1 fully saturated rings. The maximum Gasteiger partial charge on any atom is 0.239 e. The third kappa shape index (κ3) is 5.17. The maximum atomic E-state index is 12.7. The number of morpholine rings is 1. The van der Waals surface area contributed by atoms with Crippen LogP contribution in [0.3, 0.4) is 0 Å². The molecule has 0 aromatic heterocycles. The number of amides is 1. The van der Waals surface area contributed by atoms with E-state index in [-0.39, 0.29) is 5.91 Å². The minimum atomic E-state index is 0.0830. The lowest BCUT2D eigenvalue weighted by atomic mass is 9.99. The molecule has 1 N–H and O–H groups in total. The van der Waals surface area contributed by atoms with Crippen LogP contribution < -0.4 is 10.2 Å². The molecule has 0 aliphatic carbocycles. The SMILES string of the molecule is Cc1ccc2c(c1)CCCN2CC(=O)NCc1ccccc1CN1CCOCC1. The van der Waals surface area contributed by atoms with Gasteiger partial charge in [0.15, 0.2) is 0 Å². The Labute approximate surface area is 173 Å². The molecule has 5 heteroatoms. The predicted molar refractivity (Wildman–Crippen MR) is 116 cm³/mol. The van der Waals surface area contributed by atoms with Crippen molar-refractivity contribution in [2.24, 2.45) is 0 Å². The number of hydrogen-bond acceptors (Lipinski definition) is 4. The molecule has 0 bridgehead atoms. The van der Waals surface area contributed by atoms with Gasteiger partial charge in [-0.25, -0.2) is 0 Å². The van der Waals surface area contributed by atoms with E-state index in [2.05, 4.69) is 58.4 Å². The Morgan fingerprint density at radius 1 is 1.07 bits per heavy atom. The van der Waals surface area contributed by atoms with Gasteiger partial charge >= 0.3 is 0 Å². The molecule has 0 atom stereocenters. The number of anilines is 1. The Kier molecular flexibility index (Phi) is 6.47. The molecule has 0 radical (unpaired) electrons. The van der Waals surface area contributed by atoms with Gasteiger partial charge in [-0.15, -0.1) is 0 Å². The van der Waals surface area contributed by atoms with Crippen molar-refractivity contribution in [2.45, 2.75) is 32.9 Å². The van der Waals surface area contributed by atoms with Gasteiger partial charge in [-0.2, -0.15) is 0 Å². The van der Waals surface area contributed by atoms with Crippen LogP contribution in [0, 0.1) is 6.92 Å². The highest BCUT2D eigenvalue weighted by Crippen LogP contribution is 2.27. The number of ether oxygens (including phenoxy) is 1. The lowest BCUT2D eigenvalue weighted by Gasteiger charge is -2.31. The molecular formula is C24H31N3O2. The van der Waals surface area contributed by atoms with Crippen molar-refractivity contribution < 1.29 is 9.53 Å². The summed E-state index contributed by atoms with van der Waals surface area (Å²) in [6, 6.07) is 15.0. The fourth-order valence-electron chi connectivity index (χ4n) is 4.28. The second-order valence-corrected chi connectivity index (χ2v) is 8.09. The van der Waals surface area contributed by atoms with Gasteiger partial charge in [-0.05, 0) is 42.5 Å². The number of carbonyl (C=O) groups is 1. The second-order valence-electron chi connectivity index (χ2n) is 8.09. The molecule has 0 spiro atoms. The first-order chi connectivity index (χ1) is 14.2. The van der Waals surface area contributed by atoms with Crippen LogP contribution in [-0.2, 0) is 29.0 Å². The molecule has 0 saturated carbocycles. The van der Waals surface area contributed by atoms with Gasteiger partial charge in [-0.3, -0.25) is 9.69 Å². The van der Waals surface area contributed by atoms with E-state index < -0.39 is 0 Å². The highest BCUT2D eigenvalue weighted by molar-refractivity contribution is 5.82. The van der Waals surface area contributed by atoms with Crippen molar-refractivity contribution >= 4 is 11.6 Å². The lowest BCUT2D eigenvalue weighted by molar-refractivity contribution is -0.119. The lowest BCUT2D eigenvalue weighted by Crippen LogP contribution is -2.40. The molecule has 0 unspecified atom stereocenters. The van der Waals surface area contributed by atoms with Crippen molar-refractivity contribution in [3.05, 3.63) is 64.7 Å². The summed E-state index contributed by atoms with van der Waals surface area (Å²) >= 11 is 0. The quantitative estimate of drug-likeness (QED) is 0.820. The van der Waals surface area contributed by atoms with Crippen molar-refractivity contribution in [1.29, 1.82) is 0 Å². The molecule has 2 aliphatic heterocycles. The van der Waals surface area contributed by atoms with Gasteiger partial charge in [-0.1, -0.05) is 42.0 Å². The Balaban J connectivity index is 1.35. The highest BCUT2D eigenvalue weighted by Gasteiger charge is 2.19. The minimum absolute atomic E-state index is 0.0830. The van der Waals surface area contributed by atoms with Gasteiger partial charge in [0.05, 0.1) is 19.8 Å². The summed E-state index contributed by atoms with van der Waals surface area (Å²) in [6.07, 6.45) is 2.20. The fourth-order valence-corrected chi connectivity index (χ4v) is 4.28. The number of benzene rings is 2. The van der Waals surface area contributed by atoms with E-state index in [0.29, 0.717) is 13.1 Å². The highest BCUT2D eigenvalue weighted by atomic mass is 16.5. The molecule has 2 aromatic rings. The van der Waals surface area contributed by atoms with Crippen LogP contribution in [0.1, 0.15) is 28.7 Å². The van der Waals surface area contributed by atoms with E-state index in [1.807, 2.05) is 6.07 Å². The number of nitrogens with zero attached hydrogens (tertiary/aromatic N) is 2. The average molecular weight is 394 g/mol. The third-order valence-electron chi connectivity index (χ3n) is 5.88. The first-order valence-electron chi connectivity index (χ1n) is 10.7. The zero-order valence-electron chi connectivity index (χ0n) is 17.3. The van der Waals surface area contributed by atoms with Gasteiger partial charge in [0, 0.05) is 38.4 Å². The summed E-state index contributed by atoms with van der Waals surface area (Å²) in [7, 11) is 0. The topological polar surface area (TPSA) is 44.8 Å². The molecule has 2 aliphatic rings. The molecular weight excluding hydrogens is 362 g/mol. The first-order valence-corrected chi connectivity index (χ1v) is 10.7. The summed E-state index contributed by atoms with van der Waals surface area (Å²) in [5.41, 5.74) is 6.34. The number of fused-ring (bicyclic) bond motifs is 1. The second kappa shape index (κ2) is 9.42. The van der Waals surface area contributed by atoms with Gasteiger partial charge in [0.25, 0.3) is 0 Å². The van der Waals surface area contributed by atoms with Crippen LogP contribution in [0.4, 0.5) is 5.69 Å². The van der Waals surface area contributed by atoms with Gasteiger partial charge < -0.3 is 15.0 Å². The molecule has 1 saturated heterocycles. The number of rotatable bonds is 6. The Hall–Kier alpha value is -2.37. The normalized spacial score (nSPS) is 17.1. The van der Waals surface area contributed by atoms with Crippen LogP contribution in [-0.4, -0.2) is 50.2 Å². The number of hydrogen-bond donors (Lipinski definition) is 1. The largest absolute Gasteiger partial charge is 0.379 e. The molecule has 29 heavy (non-hydrogen) atoms. The van der Waals surface area contributed by atoms with Crippen molar-refractivity contribution in [3.63, 3.8) is 0 Å². The summed E-state index contributed by atoms with van der Waals surface area (Å²) in [4.78, 5) is 17.3. The van der Waals surface area contributed by atoms with E-state index in [9.17, 15) is 4.79 Å². The Morgan fingerprint density at radius 2 is 1.86 bits per heavy atom. The van der Waals surface area contributed by atoms with Crippen LogP contribution in [0.5, 0.6) is 0 Å². The average Bonchev–Trinajstić information content (AvgIpc) is 2.74. The van der Waals surface area contributed by atoms with Crippen LogP contribution in [0.15, 0.2) is 42.5 Å². The van der Waals surface area contributed by atoms with Gasteiger partial charge in [0.2, 0.25) is 5.91 Å². The summed E-state index contributed by atoms with van der Waals surface area (Å²) in [5.74, 6) is 0.0830. The van der Waals surface area contributed by atoms with Crippen LogP contribution >= 0.6 is 0 Å². The number of aryl methyl sites for hydroxylation is 2. The van der Waals surface area contributed by atoms with E-state index in [4.69, 9.17) is 4.74 Å². The van der Waals surface area contributed by atoms with Crippen LogP contribution in [0.2, 0.25) is 0 Å². The van der Waals surface area contributed by atoms with E-state index >= 15 is 0 Å². The van der Waals surface area contributed by atoms with Crippen molar-refractivity contribution in [3.8, 4) is 0 Å². The summed E-state index contributed by atoms with van der Waals surface area (Å²) in [5, 5.41) is 3.14. The monoisotopic (exact) mass is 393 g/mol. The molecule has 5 nitrogen and oxygen atoms in total. The third-order valence-corrected chi connectivity index (χ3v) is 5.88. The summed E-state index contributed by atoms with van der Waals surface area (Å²) in [6.45, 7) is 8.51. The van der Waals surface area contributed by atoms with Crippen molar-refractivity contribution in [1.82, 2.24) is 10.2 Å². The van der Waals surface area contributed by atoms with Crippen molar-refractivity contribution in [2.75, 3.05) is 44.3 Å². The molecule has 2 aromatic carbocycles. The molecule has 2 heterocycles. The smallest absolute Gasteiger partial charge is 0.239 e. The molecule has 1 amide bonds. The maximum absolute atomic E-state index is 12.7. The fraction of sp³-hybridized carbons (Fsp3) is 0.458. The van der Waals surface area contributed by atoms with E-state index in [0.717, 1.165) is 52.2 Å². The van der Waals surface area contributed by atoms with E-state index in [1.165, 1.54) is 27.9 Å². The number of carbonyl (C=O) groups excluding carboxylic acids is 1. The standard InChI is InChI=1S/C24H31N3O2/c1-19-8-9-23-20(15-19)7-4-10-27(23)18-24(28)25-16-21-5-2-3-6-22(21)17-26-11-13-29-14-12-26/h2-3,5-6,8-9,15H,4,7,10-14,16-18H2,1H3,(H,25,28). The number of nitrogens with one attached hydrogen (secondary N) is 1. The Morgan fingerprint density at radius 3 is 2.69 bits per heavy atom. The minimum Gasteiger partial charge on any atom is -0.379 e. The Bertz CT molecular complexity index is 846. The van der Waals surface area contributed by atoms with E-state index in [1.54, 1.807) is 0 Å². The zero-order valence-corrected chi connectivity index (χ0v) is 17.3. The predicted octanol–water partition coefficient (Wildman–Crippen LogP) is 2.90. The molecule has 4 rings (SSSR count). The first kappa shape index (κ1) is 19.9. The van der Waals surface area contributed by atoms with Gasteiger partial charge in [0.1, 0.15) is 0 Å². The molecule has 154 valence electrons. The zero-order chi connectivity index (χ0) is 20.1. The summed E-state index contributed by atoms with van der Waals surface area (Å²) < 4.78 is 5.45. The van der Waals surface area contributed by atoms with Crippen LogP contribution in [0.25, 0.3) is 0 Å².